The molecule has 1 aliphatic rings. The molecule has 0 bridgehead atoms. The largest absolute Gasteiger partial charge is 0.394 e. The minimum absolute atomic E-state index is 0.153. The first-order valence-corrected chi connectivity index (χ1v) is 5.35. The molecule has 1 heterocycles. The summed E-state index contributed by atoms with van der Waals surface area (Å²) in [5, 5.41) is 18.0. The van der Waals surface area contributed by atoms with E-state index in [0.29, 0.717) is 11.1 Å². The molecule has 5 heteroatoms. The van der Waals surface area contributed by atoms with Gasteiger partial charge in [0.2, 0.25) is 5.91 Å². The molecule has 0 aliphatic carbocycles. The van der Waals surface area contributed by atoms with Crippen LogP contribution in [0.3, 0.4) is 0 Å². The number of hydrogen-bond acceptors (Lipinski definition) is 4. The van der Waals surface area contributed by atoms with Crippen LogP contribution in [0.15, 0.2) is 24.3 Å². The molecule has 2 amide bonds. The second-order valence-corrected chi connectivity index (χ2v) is 3.98. The summed E-state index contributed by atoms with van der Waals surface area (Å²) in [5.41, 5.74) is 1.19. The van der Waals surface area contributed by atoms with Crippen LogP contribution >= 0.6 is 0 Å². The van der Waals surface area contributed by atoms with Crippen molar-refractivity contribution in [3.63, 3.8) is 0 Å². The molecular formula is C12H13NO4. The number of carbonyl (C=O) groups is 2. The van der Waals surface area contributed by atoms with E-state index in [0.717, 1.165) is 4.90 Å². The summed E-state index contributed by atoms with van der Waals surface area (Å²) >= 11 is 0. The number of fused-ring (bicyclic) bond motifs is 1. The molecule has 0 aromatic heterocycles. The number of benzene rings is 1. The standard InChI is InChI=1S/C12H13NO4/c14-7-9(15)6-13-11(16)5-8-3-1-2-4-10(8)12(13)17/h1-4,9,14-15H,5-7H2. The summed E-state index contributed by atoms with van der Waals surface area (Å²) in [6.45, 7) is -0.638. The van der Waals surface area contributed by atoms with E-state index in [9.17, 15) is 14.7 Å². The number of imide groups is 1. The van der Waals surface area contributed by atoms with Crippen LogP contribution in [-0.4, -0.2) is 46.2 Å². The summed E-state index contributed by atoms with van der Waals surface area (Å²) in [7, 11) is 0. The van der Waals surface area contributed by atoms with Crippen molar-refractivity contribution in [2.24, 2.45) is 0 Å². The van der Waals surface area contributed by atoms with Gasteiger partial charge < -0.3 is 10.2 Å². The average Bonchev–Trinajstić information content (AvgIpc) is 2.34. The lowest BCUT2D eigenvalue weighted by atomic mass is 9.98. The van der Waals surface area contributed by atoms with Crippen molar-refractivity contribution in [1.82, 2.24) is 4.90 Å². The molecule has 1 atom stereocenters. The van der Waals surface area contributed by atoms with Gasteiger partial charge in [0.1, 0.15) is 0 Å². The van der Waals surface area contributed by atoms with E-state index in [-0.39, 0.29) is 18.9 Å². The molecular weight excluding hydrogens is 222 g/mol. The Bertz CT molecular complexity index is 458. The molecule has 0 fully saturated rings. The number of aliphatic hydroxyl groups excluding tert-OH is 2. The molecule has 1 aromatic rings. The highest BCUT2D eigenvalue weighted by molar-refractivity contribution is 6.09. The predicted octanol–water partition coefficient (Wildman–Crippen LogP) is -0.435. The minimum atomic E-state index is -1.09. The SMILES string of the molecule is O=C1Cc2ccccc2C(=O)N1CC(O)CO. The Hall–Kier alpha value is -1.72. The van der Waals surface area contributed by atoms with Crippen LogP contribution in [0.25, 0.3) is 0 Å². The number of aliphatic hydroxyl groups is 2. The molecule has 0 saturated carbocycles. The van der Waals surface area contributed by atoms with Crippen molar-refractivity contribution in [3.05, 3.63) is 35.4 Å². The van der Waals surface area contributed by atoms with Gasteiger partial charge in [-0.15, -0.1) is 0 Å². The second kappa shape index (κ2) is 4.65. The number of β-amino-alcohol motifs (C(OH)–C–C–N with tert-alkyl or cyclic N) is 1. The van der Waals surface area contributed by atoms with Crippen LogP contribution in [0.2, 0.25) is 0 Å². The molecule has 2 rings (SSSR count). The lowest BCUT2D eigenvalue weighted by Crippen LogP contribution is -2.46. The molecule has 1 aromatic carbocycles. The van der Waals surface area contributed by atoms with Crippen molar-refractivity contribution < 1.29 is 19.8 Å². The maximum atomic E-state index is 12.0. The van der Waals surface area contributed by atoms with Gasteiger partial charge in [0, 0.05) is 5.56 Å². The molecule has 17 heavy (non-hydrogen) atoms. The maximum Gasteiger partial charge on any atom is 0.260 e. The van der Waals surface area contributed by atoms with E-state index in [1.54, 1.807) is 24.3 Å². The molecule has 90 valence electrons. The molecule has 5 nitrogen and oxygen atoms in total. The van der Waals surface area contributed by atoms with Gasteiger partial charge in [-0.1, -0.05) is 18.2 Å². The van der Waals surface area contributed by atoms with E-state index < -0.39 is 18.6 Å². The van der Waals surface area contributed by atoms with E-state index in [2.05, 4.69) is 0 Å². The van der Waals surface area contributed by atoms with Crippen LogP contribution in [-0.2, 0) is 11.2 Å². The average molecular weight is 235 g/mol. The molecule has 1 aliphatic heterocycles. The molecule has 0 saturated heterocycles. The van der Waals surface area contributed by atoms with E-state index in [4.69, 9.17) is 5.11 Å². The molecule has 2 N–H and O–H groups in total. The molecule has 0 radical (unpaired) electrons. The van der Waals surface area contributed by atoms with Gasteiger partial charge in [0.05, 0.1) is 25.7 Å². The Labute approximate surface area is 98.3 Å². The number of carbonyl (C=O) groups excluding carboxylic acids is 2. The van der Waals surface area contributed by atoms with Crippen LogP contribution in [0.4, 0.5) is 0 Å². The van der Waals surface area contributed by atoms with Gasteiger partial charge in [-0.3, -0.25) is 14.5 Å². The third-order valence-electron chi connectivity index (χ3n) is 2.74. The highest BCUT2D eigenvalue weighted by Gasteiger charge is 2.31. The Kier molecular flexibility index (Phi) is 3.21. The number of amides is 2. The zero-order valence-corrected chi connectivity index (χ0v) is 9.17. The normalized spacial score (nSPS) is 16.9. The van der Waals surface area contributed by atoms with Crippen molar-refractivity contribution >= 4 is 11.8 Å². The monoisotopic (exact) mass is 235 g/mol. The first-order chi connectivity index (χ1) is 8.13. The van der Waals surface area contributed by atoms with Crippen molar-refractivity contribution in [2.75, 3.05) is 13.2 Å². The first kappa shape index (κ1) is 11.8. The third-order valence-corrected chi connectivity index (χ3v) is 2.74. The van der Waals surface area contributed by atoms with E-state index in [1.165, 1.54) is 0 Å². The quantitative estimate of drug-likeness (QED) is 0.696. The van der Waals surface area contributed by atoms with Crippen LogP contribution in [0.5, 0.6) is 0 Å². The van der Waals surface area contributed by atoms with Gasteiger partial charge in [-0.05, 0) is 11.6 Å². The topological polar surface area (TPSA) is 77.8 Å². The van der Waals surface area contributed by atoms with Crippen molar-refractivity contribution in [3.8, 4) is 0 Å². The van der Waals surface area contributed by atoms with Crippen LogP contribution < -0.4 is 0 Å². The summed E-state index contributed by atoms with van der Waals surface area (Å²) in [4.78, 5) is 24.7. The smallest absolute Gasteiger partial charge is 0.260 e. The fourth-order valence-electron chi connectivity index (χ4n) is 1.85. The van der Waals surface area contributed by atoms with Gasteiger partial charge in [0.25, 0.3) is 5.91 Å². The van der Waals surface area contributed by atoms with E-state index in [1.807, 2.05) is 0 Å². The highest BCUT2D eigenvalue weighted by Crippen LogP contribution is 2.19. The lowest BCUT2D eigenvalue weighted by Gasteiger charge is -2.28. The Morgan fingerprint density at radius 1 is 1.29 bits per heavy atom. The van der Waals surface area contributed by atoms with Crippen LogP contribution in [0.1, 0.15) is 15.9 Å². The zero-order chi connectivity index (χ0) is 12.4. The van der Waals surface area contributed by atoms with Crippen molar-refractivity contribution in [1.29, 1.82) is 0 Å². The maximum absolute atomic E-state index is 12.0. The Balaban J connectivity index is 2.27. The van der Waals surface area contributed by atoms with Gasteiger partial charge in [-0.2, -0.15) is 0 Å². The van der Waals surface area contributed by atoms with Gasteiger partial charge in [0.15, 0.2) is 0 Å². The number of rotatable bonds is 3. The number of hydrogen-bond donors (Lipinski definition) is 2. The predicted molar refractivity (Wildman–Crippen MR) is 59.3 cm³/mol. The molecule has 1 unspecified atom stereocenters. The minimum Gasteiger partial charge on any atom is -0.394 e. The fourth-order valence-corrected chi connectivity index (χ4v) is 1.85. The second-order valence-electron chi connectivity index (χ2n) is 3.98. The highest BCUT2D eigenvalue weighted by atomic mass is 16.3. The summed E-state index contributed by atoms with van der Waals surface area (Å²) in [6, 6.07) is 6.90. The fraction of sp³-hybridized carbons (Fsp3) is 0.333. The lowest BCUT2D eigenvalue weighted by molar-refractivity contribution is -0.129. The Morgan fingerprint density at radius 2 is 2.00 bits per heavy atom. The Morgan fingerprint density at radius 3 is 2.71 bits per heavy atom. The van der Waals surface area contributed by atoms with Crippen molar-refractivity contribution in [2.45, 2.75) is 12.5 Å². The summed E-state index contributed by atoms with van der Waals surface area (Å²) < 4.78 is 0. The third kappa shape index (κ3) is 2.20. The first-order valence-electron chi connectivity index (χ1n) is 5.35. The number of nitrogens with zero attached hydrogens (tertiary/aromatic N) is 1. The zero-order valence-electron chi connectivity index (χ0n) is 9.17. The summed E-state index contributed by atoms with van der Waals surface area (Å²) in [5.74, 6) is -0.759. The van der Waals surface area contributed by atoms with Gasteiger partial charge in [-0.25, -0.2) is 0 Å². The van der Waals surface area contributed by atoms with Crippen LogP contribution in [0, 0.1) is 0 Å². The molecule has 0 spiro atoms. The van der Waals surface area contributed by atoms with Gasteiger partial charge >= 0.3 is 0 Å². The summed E-state index contributed by atoms with van der Waals surface area (Å²) in [6.07, 6.45) is -0.937. The van der Waals surface area contributed by atoms with E-state index >= 15 is 0 Å².